The third-order valence-corrected chi connectivity index (χ3v) is 1.85. The SMILES string of the molecule is O=C(CCCCl)Oc1ccc(O)cc1. The number of hydrogen-bond donors (Lipinski definition) is 1. The highest BCUT2D eigenvalue weighted by Gasteiger charge is 2.03. The van der Waals surface area contributed by atoms with Gasteiger partial charge in [0.2, 0.25) is 0 Å². The molecule has 0 fully saturated rings. The number of carbonyl (C=O) groups is 1. The van der Waals surface area contributed by atoms with E-state index in [2.05, 4.69) is 0 Å². The second-order valence-corrected chi connectivity index (χ2v) is 3.14. The van der Waals surface area contributed by atoms with Crippen LogP contribution in [0.3, 0.4) is 0 Å². The number of ether oxygens (including phenoxy) is 1. The van der Waals surface area contributed by atoms with Crippen molar-refractivity contribution in [1.29, 1.82) is 0 Å². The van der Waals surface area contributed by atoms with Gasteiger partial charge in [-0.3, -0.25) is 4.79 Å². The summed E-state index contributed by atoms with van der Waals surface area (Å²) in [5, 5.41) is 8.97. The Morgan fingerprint density at radius 1 is 1.36 bits per heavy atom. The number of carbonyl (C=O) groups excluding carboxylic acids is 1. The van der Waals surface area contributed by atoms with Crippen LogP contribution in [-0.4, -0.2) is 17.0 Å². The largest absolute Gasteiger partial charge is 0.508 e. The van der Waals surface area contributed by atoms with Crippen LogP contribution in [0.4, 0.5) is 0 Å². The van der Waals surface area contributed by atoms with Gasteiger partial charge < -0.3 is 9.84 Å². The molecule has 0 amide bonds. The molecule has 0 saturated heterocycles. The molecule has 1 N–H and O–H groups in total. The number of esters is 1. The summed E-state index contributed by atoms with van der Waals surface area (Å²) in [7, 11) is 0. The molecule has 0 aliphatic carbocycles. The summed E-state index contributed by atoms with van der Waals surface area (Å²) in [5.74, 6) is 0.717. The monoisotopic (exact) mass is 214 g/mol. The van der Waals surface area contributed by atoms with E-state index in [9.17, 15) is 4.79 Å². The fraction of sp³-hybridized carbons (Fsp3) is 0.300. The number of rotatable bonds is 4. The topological polar surface area (TPSA) is 46.5 Å². The maximum Gasteiger partial charge on any atom is 0.311 e. The molecule has 0 spiro atoms. The van der Waals surface area contributed by atoms with Gasteiger partial charge in [0.15, 0.2) is 0 Å². The zero-order chi connectivity index (χ0) is 10.4. The Morgan fingerprint density at radius 2 is 2.00 bits per heavy atom. The van der Waals surface area contributed by atoms with Crippen molar-refractivity contribution in [3.8, 4) is 11.5 Å². The fourth-order valence-electron chi connectivity index (χ4n) is 0.908. The summed E-state index contributed by atoms with van der Waals surface area (Å²) < 4.78 is 4.96. The van der Waals surface area contributed by atoms with Gasteiger partial charge in [-0.1, -0.05) is 0 Å². The number of phenols is 1. The quantitative estimate of drug-likeness (QED) is 0.475. The number of phenolic OH excluding ortho intramolecular Hbond substituents is 1. The Morgan fingerprint density at radius 3 is 2.57 bits per heavy atom. The van der Waals surface area contributed by atoms with Gasteiger partial charge in [-0.2, -0.15) is 0 Å². The fourth-order valence-corrected chi connectivity index (χ4v) is 1.04. The molecule has 76 valence electrons. The number of alkyl halides is 1. The first-order valence-electron chi connectivity index (χ1n) is 4.28. The van der Waals surface area contributed by atoms with Crippen LogP contribution in [0.15, 0.2) is 24.3 Å². The Hall–Kier alpha value is -1.22. The van der Waals surface area contributed by atoms with Gasteiger partial charge in [0.05, 0.1) is 0 Å². The van der Waals surface area contributed by atoms with Crippen LogP contribution in [-0.2, 0) is 4.79 Å². The lowest BCUT2D eigenvalue weighted by molar-refractivity contribution is -0.134. The van der Waals surface area contributed by atoms with E-state index in [0.29, 0.717) is 24.5 Å². The highest BCUT2D eigenvalue weighted by atomic mass is 35.5. The highest BCUT2D eigenvalue weighted by molar-refractivity contribution is 6.17. The lowest BCUT2D eigenvalue weighted by atomic mass is 10.3. The van der Waals surface area contributed by atoms with E-state index in [4.69, 9.17) is 21.4 Å². The summed E-state index contributed by atoms with van der Waals surface area (Å²) in [6, 6.07) is 6.00. The molecule has 0 heterocycles. The van der Waals surface area contributed by atoms with Gasteiger partial charge in [0, 0.05) is 12.3 Å². The molecule has 3 nitrogen and oxygen atoms in total. The molecule has 1 aromatic rings. The highest BCUT2D eigenvalue weighted by Crippen LogP contribution is 2.16. The average Bonchev–Trinajstić information content (AvgIpc) is 2.18. The van der Waals surface area contributed by atoms with E-state index in [1.165, 1.54) is 24.3 Å². The zero-order valence-corrected chi connectivity index (χ0v) is 8.33. The molecule has 0 atom stereocenters. The summed E-state index contributed by atoms with van der Waals surface area (Å²) in [6.07, 6.45) is 0.919. The third kappa shape index (κ3) is 3.66. The molecule has 14 heavy (non-hydrogen) atoms. The van der Waals surface area contributed by atoms with E-state index in [-0.39, 0.29) is 11.7 Å². The Kier molecular flexibility index (Phi) is 4.26. The van der Waals surface area contributed by atoms with Gasteiger partial charge in [-0.05, 0) is 30.7 Å². The van der Waals surface area contributed by atoms with E-state index in [1.54, 1.807) is 0 Å². The van der Waals surface area contributed by atoms with Gasteiger partial charge in [-0.15, -0.1) is 11.6 Å². The van der Waals surface area contributed by atoms with Crippen molar-refractivity contribution < 1.29 is 14.6 Å². The van der Waals surface area contributed by atoms with Crippen LogP contribution in [0.5, 0.6) is 11.5 Å². The minimum absolute atomic E-state index is 0.144. The predicted molar refractivity (Wildman–Crippen MR) is 53.7 cm³/mol. The molecule has 0 unspecified atom stereocenters. The summed E-state index contributed by atoms with van der Waals surface area (Å²) in [5.41, 5.74) is 0. The van der Waals surface area contributed by atoms with Crippen LogP contribution in [0.25, 0.3) is 0 Å². The molecule has 0 bridgehead atoms. The maximum absolute atomic E-state index is 11.1. The molecule has 0 aliphatic heterocycles. The second kappa shape index (κ2) is 5.50. The molecule has 0 saturated carbocycles. The minimum Gasteiger partial charge on any atom is -0.508 e. The van der Waals surface area contributed by atoms with Crippen molar-refractivity contribution in [3.05, 3.63) is 24.3 Å². The van der Waals surface area contributed by atoms with Crippen molar-refractivity contribution in [3.63, 3.8) is 0 Å². The summed E-state index contributed by atoms with van der Waals surface area (Å²) in [6.45, 7) is 0. The summed E-state index contributed by atoms with van der Waals surface area (Å²) in [4.78, 5) is 11.1. The first kappa shape index (κ1) is 10.9. The molecule has 1 aromatic carbocycles. The van der Waals surface area contributed by atoms with Crippen LogP contribution in [0, 0.1) is 0 Å². The molecule has 4 heteroatoms. The Bertz CT molecular complexity index is 295. The molecule has 0 aromatic heterocycles. The maximum atomic E-state index is 11.1. The smallest absolute Gasteiger partial charge is 0.311 e. The van der Waals surface area contributed by atoms with Crippen LogP contribution in [0.2, 0.25) is 0 Å². The summed E-state index contributed by atoms with van der Waals surface area (Å²) >= 11 is 5.43. The van der Waals surface area contributed by atoms with Crippen molar-refractivity contribution >= 4 is 17.6 Å². The normalized spacial score (nSPS) is 9.79. The number of halogens is 1. The molecular weight excluding hydrogens is 204 g/mol. The first-order chi connectivity index (χ1) is 6.72. The van der Waals surface area contributed by atoms with Crippen LogP contribution >= 0.6 is 11.6 Å². The van der Waals surface area contributed by atoms with Gasteiger partial charge in [0.1, 0.15) is 11.5 Å². The Balaban J connectivity index is 2.44. The Labute approximate surface area is 87.3 Å². The van der Waals surface area contributed by atoms with Crippen molar-refractivity contribution in [1.82, 2.24) is 0 Å². The molecule has 0 radical (unpaired) electrons. The first-order valence-corrected chi connectivity index (χ1v) is 4.81. The number of benzene rings is 1. The van der Waals surface area contributed by atoms with Crippen LogP contribution < -0.4 is 4.74 Å². The number of aromatic hydroxyl groups is 1. The van der Waals surface area contributed by atoms with Gasteiger partial charge >= 0.3 is 5.97 Å². The lowest BCUT2D eigenvalue weighted by Crippen LogP contribution is -2.07. The lowest BCUT2D eigenvalue weighted by Gasteiger charge is -2.02. The standard InChI is InChI=1S/C10H11ClO3/c11-7-1-2-10(13)14-9-5-3-8(12)4-6-9/h3-6,12H,1-2,7H2. The molecule has 1 rings (SSSR count). The predicted octanol–water partition coefficient (Wildman–Crippen LogP) is 2.32. The van der Waals surface area contributed by atoms with E-state index in [0.717, 1.165) is 0 Å². The van der Waals surface area contributed by atoms with Crippen molar-refractivity contribution in [2.75, 3.05) is 5.88 Å². The molecule has 0 aliphatic rings. The molecular formula is C10H11ClO3. The van der Waals surface area contributed by atoms with Gasteiger partial charge in [0.25, 0.3) is 0 Å². The van der Waals surface area contributed by atoms with Gasteiger partial charge in [-0.25, -0.2) is 0 Å². The van der Waals surface area contributed by atoms with Crippen molar-refractivity contribution in [2.24, 2.45) is 0 Å². The third-order valence-electron chi connectivity index (χ3n) is 1.58. The van der Waals surface area contributed by atoms with E-state index in [1.807, 2.05) is 0 Å². The second-order valence-electron chi connectivity index (χ2n) is 2.76. The minimum atomic E-state index is -0.309. The van der Waals surface area contributed by atoms with E-state index >= 15 is 0 Å². The van der Waals surface area contributed by atoms with E-state index < -0.39 is 0 Å². The number of hydrogen-bond acceptors (Lipinski definition) is 3. The van der Waals surface area contributed by atoms with Crippen LogP contribution in [0.1, 0.15) is 12.8 Å². The van der Waals surface area contributed by atoms with Crippen molar-refractivity contribution in [2.45, 2.75) is 12.8 Å². The average molecular weight is 215 g/mol. The zero-order valence-electron chi connectivity index (χ0n) is 7.57.